The summed E-state index contributed by atoms with van der Waals surface area (Å²) in [6.07, 6.45) is 3.79. The van der Waals surface area contributed by atoms with E-state index in [9.17, 15) is 14.7 Å². The molecule has 0 saturated carbocycles. The number of carboxylic acid groups (broad SMARTS) is 1. The summed E-state index contributed by atoms with van der Waals surface area (Å²) < 4.78 is 1.29. The van der Waals surface area contributed by atoms with E-state index in [1.54, 1.807) is 24.3 Å². The zero-order valence-electron chi connectivity index (χ0n) is 12.7. The van der Waals surface area contributed by atoms with Gasteiger partial charge in [-0.15, -0.1) is 0 Å². The number of aliphatic carboxylic acids is 1. The number of unbranched alkanes of at least 4 members (excludes halogenated alkanes) is 2. The number of carboxylic acids is 1. The number of aromatic hydroxyl groups is 1. The molecule has 1 fully saturated rings. The highest BCUT2D eigenvalue weighted by atomic mass is 79.9. The third-order valence-corrected chi connectivity index (χ3v) is 5.29. The molecule has 1 saturated heterocycles. The summed E-state index contributed by atoms with van der Waals surface area (Å²) in [5.74, 6) is -0.892. The Morgan fingerprint density at radius 2 is 2.08 bits per heavy atom. The predicted molar refractivity (Wildman–Crippen MR) is 102 cm³/mol. The molecular formula is C16H16BrNO4S2. The van der Waals surface area contributed by atoms with Crippen LogP contribution >= 0.6 is 39.9 Å². The number of hydrogen-bond donors (Lipinski definition) is 2. The van der Waals surface area contributed by atoms with Crippen molar-refractivity contribution in [2.24, 2.45) is 0 Å². The third-order valence-electron chi connectivity index (χ3n) is 3.42. The average Bonchev–Trinajstić information content (AvgIpc) is 2.77. The van der Waals surface area contributed by atoms with Crippen LogP contribution in [0.25, 0.3) is 6.08 Å². The number of thioether (sulfide) groups is 1. The van der Waals surface area contributed by atoms with E-state index in [1.165, 1.54) is 16.7 Å². The van der Waals surface area contributed by atoms with Gasteiger partial charge in [0.1, 0.15) is 10.1 Å². The highest BCUT2D eigenvalue weighted by molar-refractivity contribution is 9.10. The quantitative estimate of drug-likeness (QED) is 0.387. The van der Waals surface area contributed by atoms with Gasteiger partial charge in [-0.25, -0.2) is 0 Å². The van der Waals surface area contributed by atoms with E-state index in [0.717, 1.165) is 10.9 Å². The second-order valence-electron chi connectivity index (χ2n) is 5.24. The molecule has 1 heterocycles. The molecule has 2 rings (SSSR count). The third kappa shape index (κ3) is 5.06. The van der Waals surface area contributed by atoms with Gasteiger partial charge in [0, 0.05) is 23.0 Å². The van der Waals surface area contributed by atoms with Gasteiger partial charge in [0.25, 0.3) is 5.91 Å². The minimum absolute atomic E-state index is 0.0946. The standard InChI is InChI=1S/C16H16BrNO4S2/c17-11-5-6-12(19)10(8-11)9-13-15(22)18(16(23)24-13)7-3-1-2-4-14(20)21/h5-6,8-9,19H,1-4,7H2,(H,20,21)/b13-9-. The number of rotatable bonds is 7. The molecule has 5 nitrogen and oxygen atoms in total. The van der Waals surface area contributed by atoms with Crippen LogP contribution in [-0.4, -0.2) is 37.9 Å². The number of carbonyl (C=O) groups excluding carboxylic acids is 1. The Morgan fingerprint density at radius 1 is 1.33 bits per heavy atom. The van der Waals surface area contributed by atoms with Crippen molar-refractivity contribution >= 4 is 62.2 Å². The maximum atomic E-state index is 12.5. The first-order valence-corrected chi connectivity index (χ1v) is 9.36. The fourth-order valence-corrected chi connectivity index (χ4v) is 3.88. The Morgan fingerprint density at radius 3 is 2.79 bits per heavy atom. The van der Waals surface area contributed by atoms with Crippen molar-refractivity contribution in [3.05, 3.63) is 33.1 Å². The predicted octanol–water partition coefficient (Wildman–Crippen LogP) is 4.00. The molecule has 8 heteroatoms. The van der Waals surface area contributed by atoms with E-state index >= 15 is 0 Å². The van der Waals surface area contributed by atoms with Gasteiger partial charge in [-0.3, -0.25) is 14.5 Å². The van der Waals surface area contributed by atoms with Gasteiger partial charge in [0.05, 0.1) is 4.91 Å². The summed E-state index contributed by atoms with van der Waals surface area (Å²) >= 11 is 9.79. The molecule has 0 aliphatic carbocycles. The molecule has 1 aliphatic rings. The van der Waals surface area contributed by atoms with Crippen LogP contribution < -0.4 is 0 Å². The van der Waals surface area contributed by atoms with Gasteiger partial charge in [-0.2, -0.15) is 0 Å². The van der Waals surface area contributed by atoms with Gasteiger partial charge >= 0.3 is 5.97 Å². The van der Waals surface area contributed by atoms with Crippen molar-refractivity contribution in [1.82, 2.24) is 4.90 Å². The van der Waals surface area contributed by atoms with Gasteiger partial charge in [0.15, 0.2) is 0 Å². The number of phenols is 1. The van der Waals surface area contributed by atoms with Crippen molar-refractivity contribution in [3.63, 3.8) is 0 Å². The second-order valence-corrected chi connectivity index (χ2v) is 7.83. The summed E-state index contributed by atoms with van der Waals surface area (Å²) in [5.41, 5.74) is 0.548. The molecule has 0 bridgehead atoms. The van der Waals surface area contributed by atoms with Crippen LogP contribution in [-0.2, 0) is 9.59 Å². The maximum absolute atomic E-state index is 12.5. The fourth-order valence-electron chi connectivity index (χ4n) is 2.20. The largest absolute Gasteiger partial charge is 0.507 e. The fraction of sp³-hybridized carbons (Fsp3) is 0.312. The van der Waals surface area contributed by atoms with Crippen molar-refractivity contribution in [2.75, 3.05) is 6.54 Å². The van der Waals surface area contributed by atoms with Crippen LogP contribution in [0.4, 0.5) is 0 Å². The van der Waals surface area contributed by atoms with E-state index in [4.69, 9.17) is 17.3 Å². The molecule has 1 aromatic carbocycles. The van der Waals surface area contributed by atoms with Crippen LogP contribution in [0.5, 0.6) is 5.75 Å². The molecule has 0 spiro atoms. The summed E-state index contributed by atoms with van der Waals surface area (Å²) in [4.78, 5) is 24.9. The van der Waals surface area contributed by atoms with Crippen molar-refractivity contribution in [1.29, 1.82) is 0 Å². The minimum Gasteiger partial charge on any atom is -0.507 e. The second kappa shape index (κ2) is 8.64. The topological polar surface area (TPSA) is 77.8 Å². The molecule has 1 amide bonds. The van der Waals surface area contributed by atoms with Crippen LogP contribution in [0.2, 0.25) is 0 Å². The Balaban J connectivity index is 1.99. The molecule has 0 atom stereocenters. The Kier molecular flexibility index (Phi) is 6.82. The molecule has 0 unspecified atom stereocenters. The van der Waals surface area contributed by atoms with Crippen molar-refractivity contribution in [2.45, 2.75) is 25.7 Å². The van der Waals surface area contributed by atoms with Gasteiger partial charge in [-0.1, -0.05) is 46.3 Å². The zero-order chi connectivity index (χ0) is 17.7. The normalized spacial score (nSPS) is 16.2. The highest BCUT2D eigenvalue weighted by Crippen LogP contribution is 2.34. The summed E-state index contributed by atoms with van der Waals surface area (Å²) in [6.45, 7) is 0.478. The lowest BCUT2D eigenvalue weighted by molar-refractivity contribution is -0.137. The van der Waals surface area contributed by atoms with Crippen LogP contribution in [0, 0.1) is 0 Å². The molecule has 1 aromatic rings. The first kappa shape index (κ1) is 19.0. The first-order chi connectivity index (χ1) is 11.4. The Hall–Kier alpha value is -1.38. The number of amides is 1. The number of carbonyl (C=O) groups is 2. The van der Waals surface area contributed by atoms with Gasteiger partial charge in [0.2, 0.25) is 0 Å². The lowest BCUT2D eigenvalue weighted by Crippen LogP contribution is -2.29. The number of phenolic OH excluding ortho intramolecular Hbond substituents is 1. The van der Waals surface area contributed by atoms with E-state index in [1.807, 2.05) is 0 Å². The van der Waals surface area contributed by atoms with E-state index in [2.05, 4.69) is 15.9 Å². The molecule has 2 N–H and O–H groups in total. The number of benzene rings is 1. The number of nitrogens with zero attached hydrogens (tertiary/aromatic N) is 1. The molecule has 128 valence electrons. The van der Waals surface area contributed by atoms with Crippen LogP contribution in [0.3, 0.4) is 0 Å². The SMILES string of the molecule is O=C(O)CCCCCN1C(=O)/C(=C/c2cc(Br)ccc2O)SC1=S. The molecular weight excluding hydrogens is 414 g/mol. The zero-order valence-corrected chi connectivity index (χ0v) is 15.9. The number of thiocarbonyl (C=S) groups is 1. The Bertz CT molecular complexity index is 705. The van der Waals surface area contributed by atoms with E-state index in [0.29, 0.717) is 34.2 Å². The average molecular weight is 430 g/mol. The monoisotopic (exact) mass is 429 g/mol. The molecule has 0 aromatic heterocycles. The molecule has 1 aliphatic heterocycles. The Labute approximate surface area is 157 Å². The van der Waals surface area contributed by atoms with E-state index < -0.39 is 5.97 Å². The van der Waals surface area contributed by atoms with Crippen molar-refractivity contribution < 1.29 is 19.8 Å². The highest BCUT2D eigenvalue weighted by Gasteiger charge is 2.31. The first-order valence-electron chi connectivity index (χ1n) is 7.34. The van der Waals surface area contributed by atoms with Gasteiger partial charge in [-0.05, 0) is 37.1 Å². The van der Waals surface area contributed by atoms with Crippen LogP contribution in [0.1, 0.15) is 31.2 Å². The maximum Gasteiger partial charge on any atom is 0.303 e. The van der Waals surface area contributed by atoms with Gasteiger partial charge < -0.3 is 10.2 Å². The smallest absolute Gasteiger partial charge is 0.303 e. The molecule has 0 radical (unpaired) electrons. The van der Waals surface area contributed by atoms with Crippen LogP contribution in [0.15, 0.2) is 27.6 Å². The lowest BCUT2D eigenvalue weighted by Gasteiger charge is -2.13. The van der Waals surface area contributed by atoms with Crippen molar-refractivity contribution in [3.8, 4) is 5.75 Å². The lowest BCUT2D eigenvalue weighted by atomic mass is 10.1. The van der Waals surface area contributed by atoms with E-state index in [-0.39, 0.29) is 18.1 Å². The summed E-state index contributed by atoms with van der Waals surface area (Å²) in [5, 5.41) is 18.5. The summed E-state index contributed by atoms with van der Waals surface area (Å²) in [6, 6.07) is 5.00. The number of halogens is 1. The summed E-state index contributed by atoms with van der Waals surface area (Å²) in [7, 11) is 0. The number of hydrogen-bond acceptors (Lipinski definition) is 5. The minimum atomic E-state index is -0.808. The molecule has 24 heavy (non-hydrogen) atoms.